The standard InChI is InChI=1S/C23H27N5O4S/c1-5-14(2)19(25-22(30)24-17-12-11-16(31-3)13-18(17)32-4)20(29)26-23-28-27-21(33-23)15-9-7-6-8-10-15/h6-14,19H,5H2,1-4H3,(H2,24,25,30)(H,26,28,29)/t14-,19+/m0/s1. The van der Waals surface area contributed by atoms with Crippen LogP contribution in [-0.2, 0) is 4.79 Å². The van der Waals surface area contributed by atoms with Gasteiger partial charge in [-0.3, -0.25) is 10.1 Å². The fourth-order valence-corrected chi connectivity index (χ4v) is 3.81. The molecule has 0 saturated carbocycles. The Balaban J connectivity index is 1.69. The van der Waals surface area contributed by atoms with E-state index >= 15 is 0 Å². The second kappa shape index (κ2) is 11.3. The quantitative estimate of drug-likeness (QED) is 0.428. The molecular formula is C23H27N5O4S. The van der Waals surface area contributed by atoms with Crippen molar-refractivity contribution in [3.05, 3.63) is 48.5 Å². The number of ether oxygens (including phenoxy) is 2. The van der Waals surface area contributed by atoms with Gasteiger partial charge >= 0.3 is 6.03 Å². The average molecular weight is 470 g/mol. The highest BCUT2D eigenvalue weighted by Crippen LogP contribution is 2.29. The van der Waals surface area contributed by atoms with Gasteiger partial charge in [0.2, 0.25) is 11.0 Å². The molecule has 0 aliphatic heterocycles. The number of hydrogen-bond acceptors (Lipinski definition) is 7. The molecule has 3 N–H and O–H groups in total. The maximum absolute atomic E-state index is 13.0. The summed E-state index contributed by atoms with van der Waals surface area (Å²) in [5, 5.41) is 17.5. The number of anilines is 2. The molecule has 0 fully saturated rings. The second-order valence-corrected chi connectivity index (χ2v) is 8.27. The molecule has 2 atom stereocenters. The lowest BCUT2D eigenvalue weighted by Crippen LogP contribution is -2.49. The van der Waals surface area contributed by atoms with Crippen LogP contribution in [0.15, 0.2) is 48.5 Å². The Kier molecular flexibility index (Phi) is 8.20. The van der Waals surface area contributed by atoms with Crippen molar-refractivity contribution in [1.82, 2.24) is 15.5 Å². The molecule has 0 bridgehead atoms. The molecule has 0 saturated heterocycles. The molecule has 9 nitrogen and oxygen atoms in total. The Morgan fingerprint density at radius 3 is 2.45 bits per heavy atom. The highest BCUT2D eigenvalue weighted by Gasteiger charge is 2.27. The normalized spacial score (nSPS) is 12.4. The third kappa shape index (κ3) is 6.19. The van der Waals surface area contributed by atoms with Gasteiger partial charge < -0.3 is 20.1 Å². The minimum Gasteiger partial charge on any atom is -0.497 e. The fraction of sp³-hybridized carbons (Fsp3) is 0.304. The van der Waals surface area contributed by atoms with Gasteiger partial charge in [0.1, 0.15) is 22.5 Å². The zero-order valence-electron chi connectivity index (χ0n) is 18.9. The number of nitrogens with one attached hydrogen (secondary N) is 3. The van der Waals surface area contributed by atoms with E-state index in [-0.39, 0.29) is 11.8 Å². The van der Waals surface area contributed by atoms with Crippen molar-refractivity contribution >= 4 is 34.1 Å². The summed E-state index contributed by atoms with van der Waals surface area (Å²) >= 11 is 1.27. The van der Waals surface area contributed by atoms with Gasteiger partial charge in [-0.05, 0) is 18.1 Å². The van der Waals surface area contributed by atoms with Gasteiger partial charge in [0.25, 0.3) is 0 Å². The van der Waals surface area contributed by atoms with Crippen LogP contribution in [0.1, 0.15) is 20.3 Å². The van der Waals surface area contributed by atoms with Crippen LogP contribution in [0.3, 0.4) is 0 Å². The Bertz CT molecular complexity index is 1090. The van der Waals surface area contributed by atoms with E-state index in [0.717, 1.165) is 5.56 Å². The SMILES string of the molecule is CC[C@H](C)[C@@H](NC(=O)Nc1ccc(OC)cc1OC)C(=O)Nc1nnc(-c2ccccc2)s1. The summed E-state index contributed by atoms with van der Waals surface area (Å²) < 4.78 is 10.5. The molecule has 2 aromatic carbocycles. The third-order valence-corrected chi connectivity index (χ3v) is 6.00. The minimum atomic E-state index is -0.775. The average Bonchev–Trinajstić information content (AvgIpc) is 3.31. The molecule has 0 radical (unpaired) electrons. The maximum Gasteiger partial charge on any atom is 0.320 e. The molecule has 0 spiro atoms. The van der Waals surface area contributed by atoms with Gasteiger partial charge in [0.15, 0.2) is 0 Å². The first kappa shape index (κ1) is 24.0. The monoisotopic (exact) mass is 469 g/mol. The second-order valence-electron chi connectivity index (χ2n) is 7.30. The summed E-state index contributed by atoms with van der Waals surface area (Å²) in [6, 6.07) is 13.3. The van der Waals surface area contributed by atoms with Crippen molar-refractivity contribution in [2.75, 3.05) is 24.9 Å². The predicted octanol–water partition coefficient (Wildman–Crippen LogP) is 4.40. The summed E-state index contributed by atoms with van der Waals surface area (Å²) in [6.07, 6.45) is 0.690. The van der Waals surface area contributed by atoms with Crippen molar-refractivity contribution in [2.24, 2.45) is 5.92 Å². The number of carbonyl (C=O) groups is 2. The van der Waals surface area contributed by atoms with E-state index in [2.05, 4.69) is 26.1 Å². The minimum absolute atomic E-state index is 0.116. The molecule has 3 aromatic rings. The van der Waals surface area contributed by atoms with Gasteiger partial charge in [0.05, 0.1) is 19.9 Å². The molecule has 0 aliphatic rings. The number of urea groups is 1. The van der Waals surface area contributed by atoms with Crippen LogP contribution in [-0.4, -0.2) is 42.4 Å². The molecule has 0 unspecified atom stereocenters. The summed E-state index contributed by atoms with van der Waals surface area (Å²) in [4.78, 5) is 25.7. The van der Waals surface area contributed by atoms with Crippen molar-refractivity contribution < 1.29 is 19.1 Å². The molecule has 0 aliphatic carbocycles. The van der Waals surface area contributed by atoms with E-state index in [1.165, 1.54) is 18.4 Å². The number of carbonyl (C=O) groups excluding carboxylic acids is 2. The van der Waals surface area contributed by atoms with Crippen molar-refractivity contribution in [2.45, 2.75) is 26.3 Å². The predicted molar refractivity (Wildman–Crippen MR) is 129 cm³/mol. The molecule has 33 heavy (non-hydrogen) atoms. The van der Waals surface area contributed by atoms with Crippen LogP contribution in [0.25, 0.3) is 10.6 Å². The highest BCUT2D eigenvalue weighted by atomic mass is 32.1. The van der Waals surface area contributed by atoms with Crippen LogP contribution in [0, 0.1) is 5.92 Å². The van der Waals surface area contributed by atoms with Crippen molar-refractivity contribution in [1.29, 1.82) is 0 Å². The first-order valence-corrected chi connectivity index (χ1v) is 11.3. The van der Waals surface area contributed by atoms with Crippen LogP contribution in [0.2, 0.25) is 0 Å². The highest BCUT2D eigenvalue weighted by molar-refractivity contribution is 7.18. The van der Waals surface area contributed by atoms with E-state index in [4.69, 9.17) is 9.47 Å². The van der Waals surface area contributed by atoms with Gasteiger partial charge in [-0.1, -0.05) is 61.9 Å². The molecule has 1 heterocycles. The molecule has 3 rings (SSSR count). The lowest BCUT2D eigenvalue weighted by Gasteiger charge is -2.23. The Labute approximate surface area is 196 Å². The first-order chi connectivity index (χ1) is 15.9. The maximum atomic E-state index is 13.0. The number of aromatic nitrogens is 2. The Hall–Kier alpha value is -3.66. The summed E-state index contributed by atoms with van der Waals surface area (Å²) in [7, 11) is 3.05. The number of benzene rings is 2. The van der Waals surface area contributed by atoms with E-state index < -0.39 is 12.1 Å². The van der Waals surface area contributed by atoms with Crippen LogP contribution >= 0.6 is 11.3 Å². The number of hydrogen-bond donors (Lipinski definition) is 3. The molecule has 1 aromatic heterocycles. The number of rotatable bonds is 9. The van der Waals surface area contributed by atoms with Crippen molar-refractivity contribution in [3.8, 4) is 22.1 Å². The van der Waals surface area contributed by atoms with Gasteiger partial charge in [-0.15, -0.1) is 10.2 Å². The molecule has 3 amide bonds. The lowest BCUT2D eigenvalue weighted by molar-refractivity contribution is -0.119. The Morgan fingerprint density at radius 2 is 1.79 bits per heavy atom. The number of amides is 3. The fourth-order valence-electron chi connectivity index (χ4n) is 3.06. The van der Waals surface area contributed by atoms with E-state index in [1.807, 2.05) is 44.2 Å². The molecule has 10 heteroatoms. The van der Waals surface area contributed by atoms with Crippen LogP contribution in [0.4, 0.5) is 15.6 Å². The molecule has 174 valence electrons. The van der Waals surface area contributed by atoms with Gasteiger partial charge in [-0.25, -0.2) is 4.79 Å². The lowest BCUT2D eigenvalue weighted by atomic mass is 9.98. The largest absolute Gasteiger partial charge is 0.497 e. The smallest absolute Gasteiger partial charge is 0.320 e. The zero-order chi connectivity index (χ0) is 23.8. The number of methoxy groups -OCH3 is 2. The van der Waals surface area contributed by atoms with Crippen LogP contribution in [0.5, 0.6) is 11.5 Å². The Morgan fingerprint density at radius 1 is 1.03 bits per heavy atom. The molecular weight excluding hydrogens is 442 g/mol. The summed E-state index contributed by atoms with van der Waals surface area (Å²) in [5.74, 6) is 0.560. The van der Waals surface area contributed by atoms with E-state index in [9.17, 15) is 9.59 Å². The first-order valence-electron chi connectivity index (χ1n) is 10.4. The van der Waals surface area contributed by atoms with E-state index in [0.29, 0.717) is 33.7 Å². The van der Waals surface area contributed by atoms with E-state index in [1.54, 1.807) is 25.3 Å². The van der Waals surface area contributed by atoms with Gasteiger partial charge in [0, 0.05) is 11.6 Å². The van der Waals surface area contributed by atoms with Gasteiger partial charge in [-0.2, -0.15) is 0 Å². The summed E-state index contributed by atoms with van der Waals surface area (Å²) in [6.45, 7) is 3.85. The third-order valence-electron chi connectivity index (χ3n) is 5.11. The zero-order valence-corrected chi connectivity index (χ0v) is 19.7. The summed E-state index contributed by atoms with van der Waals surface area (Å²) in [5.41, 5.74) is 1.37. The van der Waals surface area contributed by atoms with Crippen molar-refractivity contribution in [3.63, 3.8) is 0 Å². The number of nitrogens with zero attached hydrogens (tertiary/aromatic N) is 2. The van der Waals surface area contributed by atoms with Crippen LogP contribution < -0.4 is 25.4 Å². The topological polar surface area (TPSA) is 114 Å².